The van der Waals surface area contributed by atoms with E-state index in [0.717, 1.165) is 4.70 Å². The van der Waals surface area contributed by atoms with E-state index in [1.165, 1.54) is 40.5 Å². The highest BCUT2D eigenvalue weighted by Gasteiger charge is 2.46. The SMILES string of the molecule is O=C(C1=C(O)C(=O)N(c2nc3ccc(Cl)cc3s2)C1c1ccc(F)cc1)c1cc2ccccc2o1. The number of aromatic nitrogens is 1. The van der Waals surface area contributed by atoms with Crippen molar-refractivity contribution in [2.45, 2.75) is 6.04 Å². The average Bonchev–Trinajstić information content (AvgIpc) is 3.53. The fourth-order valence-corrected chi connectivity index (χ4v) is 5.48. The number of anilines is 1. The summed E-state index contributed by atoms with van der Waals surface area (Å²) in [6.45, 7) is 0. The minimum atomic E-state index is -1.04. The zero-order chi connectivity index (χ0) is 24.3. The minimum Gasteiger partial charge on any atom is -0.503 e. The van der Waals surface area contributed by atoms with E-state index >= 15 is 0 Å². The lowest BCUT2D eigenvalue weighted by molar-refractivity contribution is -0.117. The van der Waals surface area contributed by atoms with E-state index in [2.05, 4.69) is 4.98 Å². The number of para-hydroxylation sites is 1. The number of carbonyl (C=O) groups excluding carboxylic acids is 2. The molecular weight excluding hydrogens is 491 g/mol. The smallest absolute Gasteiger partial charge is 0.296 e. The van der Waals surface area contributed by atoms with Crippen molar-refractivity contribution in [3.05, 3.63) is 106 Å². The van der Waals surface area contributed by atoms with Crippen LogP contribution in [0.2, 0.25) is 5.02 Å². The molecular formula is C26H14ClFN2O4S. The van der Waals surface area contributed by atoms with Gasteiger partial charge in [0.25, 0.3) is 5.91 Å². The summed E-state index contributed by atoms with van der Waals surface area (Å²) in [5.74, 6) is -2.64. The number of furan rings is 1. The van der Waals surface area contributed by atoms with E-state index in [1.807, 2.05) is 6.07 Å². The maximum atomic E-state index is 13.7. The Hall–Kier alpha value is -4.01. The van der Waals surface area contributed by atoms with E-state index in [-0.39, 0.29) is 16.5 Å². The maximum Gasteiger partial charge on any atom is 0.296 e. The van der Waals surface area contributed by atoms with E-state index in [4.69, 9.17) is 16.0 Å². The molecule has 0 fully saturated rings. The van der Waals surface area contributed by atoms with Crippen molar-refractivity contribution in [2.24, 2.45) is 0 Å². The van der Waals surface area contributed by atoms with Crippen LogP contribution in [0.25, 0.3) is 21.2 Å². The van der Waals surface area contributed by atoms with Gasteiger partial charge in [-0.1, -0.05) is 53.3 Å². The maximum absolute atomic E-state index is 13.7. The molecule has 2 aromatic heterocycles. The number of halogens is 2. The van der Waals surface area contributed by atoms with Crippen LogP contribution in [-0.2, 0) is 4.79 Å². The Morgan fingerprint density at radius 3 is 2.63 bits per heavy atom. The van der Waals surface area contributed by atoms with Crippen molar-refractivity contribution < 1.29 is 23.5 Å². The third-order valence-corrected chi connectivity index (χ3v) is 7.09. The molecule has 3 heterocycles. The summed E-state index contributed by atoms with van der Waals surface area (Å²) < 4.78 is 20.2. The van der Waals surface area contributed by atoms with Crippen LogP contribution in [0.1, 0.15) is 22.2 Å². The van der Waals surface area contributed by atoms with E-state index in [0.29, 0.717) is 27.1 Å². The number of thiazole rings is 1. The van der Waals surface area contributed by atoms with Crippen LogP contribution in [0.5, 0.6) is 0 Å². The van der Waals surface area contributed by atoms with Gasteiger partial charge < -0.3 is 9.52 Å². The van der Waals surface area contributed by atoms with Crippen LogP contribution < -0.4 is 4.90 Å². The number of rotatable bonds is 4. The highest BCUT2D eigenvalue weighted by molar-refractivity contribution is 7.22. The second-order valence-corrected chi connectivity index (χ2v) is 9.42. The molecule has 0 saturated heterocycles. The Morgan fingerprint density at radius 2 is 1.86 bits per heavy atom. The number of carbonyl (C=O) groups is 2. The van der Waals surface area contributed by atoms with Crippen molar-refractivity contribution in [2.75, 3.05) is 4.90 Å². The topological polar surface area (TPSA) is 83.6 Å². The molecule has 0 aliphatic carbocycles. The van der Waals surface area contributed by atoms with E-state index in [1.54, 1.807) is 42.5 Å². The predicted molar refractivity (Wildman–Crippen MR) is 131 cm³/mol. The van der Waals surface area contributed by atoms with Crippen LogP contribution in [0.3, 0.4) is 0 Å². The van der Waals surface area contributed by atoms with Crippen LogP contribution in [0.15, 0.2) is 88.5 Å². The van der Waals surface area contributed by atoms with Gasteiger partial charge in [0, 0.05) is 10.4 Å². The number of Topliss-reactive ketones (excluding diaryl/α,β-unsaturated/α-hetero) is 1. The Labute approximate surface area is 206 Å². The summed E-state index contributed by atoms with van der Waals surface area (Å²) in [4.78, 5) is 32.7. The molecule has 5 aromatic rings. The standard InChI is InChI=1S/C26H14ClFN2O4S/c27-15-7-10-17-20(12-15)35-26(29-17)30-22(13-5-8-16(28)9-6-13)21(24(32)25(30)33)23(31)19-11-14-3-1-2-4-18(14)34-19/h1-12,22,32H. The highest BCUT2D eigenvalue weighted by Crippen LogP contribution is 2.44. The summed E-state index contributed by atoms with van der Waals surface area (Å²) in [6, 6.07) is 18.1. The molecule has 1 N–H and O–H groups in total. The molecule has 0 spiro atoms. The first-order valence-corrected chi connectivity index (χ1v) is 11.7. The Kier molecular flexibility index (Phi) is 4.94. The first kappa shape index (κ1) is 21.5. The molecule has 9 heteroatoms. The van der Waals surface area contributed by atoms with Crippen LogP contribution in [0, 0.1) is 5.82 Å². The molecule has 0 bridgehead atoms. The van der Waals surface area contributed by atoms with Crippen LogP contribution >= 0.6 is 22.9 Å². The number of nitrogens with zero attached hydrogens (tertiary/aromatic N) is 2. The van der Waals surface area contributed by atoms with E-state index in [9.17, 15) is 19.1 Å². The van der Waals surface area contributed by atoms with Gasteiger partial charge in [-0.15, -0.1) is 0 Å². The molecule has 1 unspecified atom stereocenters. The van der Waals surface area contributed by atoms with Gasteiger partial charge in [0.15, 0.2) is 16.7 Å². The fraction of sp³-hybridized carbons (Fsp3) is 0.0385. The van der Waals surface area contributed by atoms with Crippen molar-refractivity contribution in [3.8, 4) is 0 Å². The van der Waals surface area contributed by atoms with Crippen molar-refractivity contribution in [1.29, 1.82) is 0 Å². The van der Waals surface area contributed by atoms with E-state index < -0.39 is 29.3 Å². The van der Waals surface area contributed by atoms with Crippen LogP contribution in [0.4, 0.5) is 9.52 Å². The lowest BCUT2D eigenvalue weighted by Gasteiger charge is -2.24. The molecule has 6 nitrogen and oxygen atoms in total. The summed E-state index contributed by atoms with van der Waals surface area (Å²) in [6.07, 6.45) is 0. The molecule has 3 aromatic carbocycles. The molecule has 0 saturated carbocycles. The normalized spacial score (nSPS) is 16.1. The molecule has 0 radical (unpaired) electrons. The van der Waals surface area contributed by atoms with Gasteiger partial charge in [-0.05, 0) is 48.0 Å². The second kappa shape index (κ2) is 8.04. The summed E-state index contributed by atoms with van der Waals surface area (Å²) in [5, 5.41) is 12.4. The molecule has 1 atom stereocenters. The summed E-state index contributed by atoms with van der Waals surface area (Å²) in [5.41, 5.74) is 1.37. The van der Waals surface area contributed by atoms with Gasteiger partial charge >= 0.3 is 0 Å². The van der Waals surface area contributed by atoms with Gasteiger partial charge in [0.1, 0.15) is 11.4 Å². The number of hydrogen-bond donors (Lipinski definition) is 1. The van der Waals surface area contributed by atoms with Gasteiger partial charge in [0.05, 0.1) is 21.8 Å². The number of ketones is 1. The monoisotopic (exact) mass is 504 g/mol. The third-order valence-electron chi connectivity index (χ3n) is 5.83. The molecule has 1 aliphatic heterocycles. The fourth-order valence-electron chi connectivity index (χ4n) is 4.21. The largest absolute Gasteiger partial charge is 0.503 e. The molecule has 6 rings (SSSR count). The number of aliphatic hydroxyl groups is 1. The summed E-state index contributed by atoms with van der Waals surface area (Å²) >= 11 is 7.30. The number of fused-ring (bicyclic) bond motifs is 2. The molecule has 1 amide bonds. The number of benzene rings is 3. The van der Waals surface area contributed by atoms with Crippen LogP contribution in [-0.4, -0.2) is 21.8 Å². The minimum absolute atomic E-state index is 0.0226. The first-order chi connectivity index (χ1) is 16.9. The molecule has 35 heavy (non-hydrogen) atoms. The first-order valence-electron chi connectivity index (χ1n) is 10.5. The van der Waals surface area contributed by atoms with Crippen molar-refractivity contribution >= 4 is 60.9 Å². The Bertz CT molecular complexity index is 1660. The highest BCUT2D eigenvalue weighted by atomic mass is 35.5. The third kappa shape index (κ3) is 3.50. The number of aliphatic hydroxyl groups excluding tert-OH is 1. The number of hydrogen-bond acceptors (Lipinski definition) is 6. The van der Waals surface area contributed by atoms with Crippen molar-refractivity contribution in [3.63, 3.8) is 0 Å². The Morgan fingerprint density at radius 1 is 1.09 bits per heavy atom. The number of amides is 1. The summed E-state index contributed by atoms with van der Waals surface area (Å²) in [7, 11) is 0. The molecule has 172 valence electrons. The molecule has 1 aliphatic rings. The zero-order valence-corrected chi connectivity index (χ0v) is 19.3. The van der Waals surface area contributed by atoms with Gasteiger partial charge in [0.2, 0.25) is 5.78 Å². The second-order valence-electron chi connectivity index (χ2n) is 7.98. The average molecular weight is 505 g/mol. The lowest BCUT2D eigenvalue weighted by atomic mass is 9.95. The van der Waals surface area contributed by atoms with Crippen molar-refractivity contribution in [1.82, 2.24) is 4.98 Å². The lowest BCUT2D eigenvalue weighted by Crippen LogP contribution is -2.30. The Balaban J connectivity index is 1.51. The van der Waals surface area contributed by atoms with Gasteiger partial charge in [-0.2, -0.15) is 0 Å². The quantitative estimate of drug-likeness (QED) is 0.278. The zero-order valence-electron chi connectivity index (χ0n) is 17.7. The van der Waals surface area contributed by atoms with Gasteiger partial charge in [-0.3, -0.25) is 14.5 Å². The predicted octanol–water partition coefficient (Wildman–Crippen LogP) is 6.62. The van der Waals surface area contributed by atoms with Gasteiger partial charge in [-0.25, -0.2) is 9.37 Å².